The van der Waals surface area contributed by atoms with Crippen LogP contribution in [0.2, 0.25) is 0 Å². The van der Waals surface area contributed by atoms with Crippen LogP contribution >= 0.6 is 12.6 Å². The van der Waals surface area contributed by atoms with Crippen molar-refractivity contribution < 1.29 is 9.21 Å². The molecule has 1 aromatic carbocycles. The molecule has 2 rings (SSSR count). The van der Waals surface area contributed by atoms with Crippen molar-refractivity contribution in [2.45, 2.75) is 25.7 Å². The molecule has 1 heterocycles. The molecule has 0 spiro atoms. The lowest BCUT2D eigenvalue weighted by Crippen LogP contribution is -2.10. The van der Waals surface area contributed by atoms with Crippen LogP contribution < -0.4 is 5.43 Å². The van der Waals surface area contributed by atoms with Crippen molar-refractivity contribution >= 4 is 41.5 Å². The highest BCUT2D eigenvalue weighted by atomic mass is 32.1. The molecule has 0 fully saturated rings. The predicted molar refractivity (Wildman–Crippen MR) is 89.3 cm³/mol. The molecule has 0 bridgehead atoms. The molecule has 0 aliphatic rings. The van der Waals surface area contributed by atoms with E-state index in [0.717, 1.165) is 5.56 Å². The van der Waals surface area contributed by atoms with Crippen LogP contribution in [0.4, 0.5) is 0 Å². The summed E-state index contributed by atoms with van der Waals surface area (Å²) in [7, 11) is 0. The van der Waals surface area contributed by atoms with E-state index in [1.54, 1.807) is 18.2 Å². The van der Waals surface area contributed by atoms with E-state index in [-0.39, 0.29) is 16.8 Å². The number of carbonyl (C=O) groups excluding carboxylic acids is 1. The molecule has 2 aromatic rings. The average molecular weight is 300 g/mol. The molecule has 0 amide bonds. The van der Waals surface area contributed by atoms with Crippen LogP contribution in [0, 0.1) is 6.92 Å². The minimum Gasteiger partial charge on any atom is -0.455 e. The van der Waals surface area contributed by atoms with Crippen molar-refractivity contribution in [3.63, 3.8) is 0 Å². The maximum atomic E-state index is 12.6. The molecule has 0 unspecified atom stereocenters. The summed E-state index contributed by atoms with van der Waals surface area (Å²) in [6.45, 7) is 8.73. The number of aryl methyl sites for hydroxylation is 1. The Balaban J connectivity index is 3.11. The van der Waals surface area contributed by atoms with Crippen LogP contribution in [0.3, 0.4) is 0 Å². The second-order valence-electron chi connectivity index (χ2n) is 4.76. The number of rotatable bonds is 3. The van der Waals surface area contributed by atoms with Gasteiger partial charge < -0.3 is 4.42 Å². The predicted octanol–water partition coefficient (Wildman–Crippen LogP) is 4.27. The van der Waals surface area contributed by atoms with Crippen LogP contribution in [-0.2, 0) is 0 Å². The van der Waals surface area contributed by atoms with E-state index in [9.17, 15) is 9.59 Å². The van der Waals surface area contributed by atoms with Crippen molar-refractivity contribution in [1.82, 2.24) is 0 Å². The van der Waals surface area contributed by atoms with E-state index < -0.39 is 0 Å². The number of fused-ring (bicyclic) bond motifs is 1. The van der Waals surface area contributed by atoms with Crippen molar-refractivity contribution in [3.05, 3.63) is 51.4 Å². The van der Waals surface area contributed by atoms with Gasteiger partial charge >= 0.3 is 0 Å². The Morgan fingerprint density at radius 3 is 2.62 bits per heavy atom. The van der Waals surface area contributed by atoms with Crippen molar-refractivity contribution in [2.75, 3.05) is 0 Å². The molecule has 0 aliphatic heterocycles. The number of thiol groups is 1. The van der Waals surface area contributed by atoms with Gasteiger partial charge in [-0.05, 0) is 38.5 Å². The number of ketones is 1. The summed E-state index contributed by atoms with van der Waals surface area (Å²) >= 11 is 4.37. The van der Waals surface area contributed by atoms with Crippen molar-refractivity contribution in [2.24, 2.45) is 0 Å². The molecule has 0 radical (unpaired) electrons. The lowest BCUT2D eigenvalue weighted by molar-refractivity contribution is 0.101. The van der Waals surface area contributed by atoms with Crippen molar-refractivity contribution in [3.8, 4) is 0 Å². The van der Waals surface area contributed by atoms with Gasteiger partial charge in [0.2, 0.25) is 5.43 Å². The van der Waals surface area contributed by atoms with Gasteiger partial charge in [0.15, 0.2) is 11.4 Å². The lowest BCUT2D eigenvalue weighted by atomic mass is 10.0. The molecule has 0 atom stereocenters. The maximum Gasteiger partial charge on any atom is 0.200 e. The zero-order chi connectivity index (χ0) is 15.7. The summed E-state index contributed by atoms with van der Waals surface area (Å²) < 4.78 is 5.76. The Bertz CT molecular complexity index is 841. The van der Waals surface area contributed by atoms with E-state index >= 15 is 0 Å². The molecule has 1 aromatic heterocycles. The standard InChI is InChI=1S/C17H16O3S/c1-5-7-11-13(6-2)20-16-12(15(11)19)8-9(3)17(21)14(16)10(4)18/h5-8,21H,2H2,1,3-4H3/b7-5+. The Kier molecular flexibility index (Phi) is 4.19. The minimum atomic E-state index is -0.189. The Hall–Kier alpha value is -2.07. The molecule has 108 valence electrons. The summed E-state index contributed by atoms with van der Waals surface area (Å²) in [4.78, 5) is 25.1. The zero-order valence-electron chi connectivity index (χ0n) is 12.2. The van der Waals surface area contributed by atoms with E-state index in [0.29, 0.717) is 27.2 Å². The lowest BCUT2D eigenvalue weighted by Gasteiger charge is -2.11. The first-order valence-corrected chi connectivity index (χ1v) is 6.96. The fraction of sp³-hybridized carbons (Fsp3) is 0.176. The number of benzene rings is 1. The van der Waals surface area contributed by atoms with Gasteiger partial charge in [-0.2, -0.15) is 0 Å². The van der Waals surface area contributed by atoms with Crippen LogP contribution in [0.25, 0.3) is 23.1 Å². The number of carbonyl (C=O) groups is 1. The summed E-state index contributed by atoms with van der Waals surface area (Å²) in [5.74, 6) is 0.162. The summed E-state index contributed by atoms with van der Waals surface area (Å²) in [6.07, 6.45) is 4.91. The summed E-state index contributed by atoms with van der Waals surface area (Å²) in [5.41, 5.74) is 1.62. The van der Waals surface area contributed by atoms with Gasteiger partial charge in [-0.25, -0.2) is 0 Å². The van der Waals surface area contributed by atoms with E-state index in [2.05, 4.69) is 19.2 Å². The molecule has 21 heavy (non-hydrogen) atoms. The van der Waals surface area contributed by atoms with Gasteiger partial charge in [0.05, 0.1) is 16.5 Å². The highest BCUT2D eigenvalue weighted by Gasteiger charge is 2.19. The van der Waals surface area contributed by atoms with Crippen LogP contribution in [0.5, 0.6) is 0 Å². The largest absolute Gasteiger partial charge is 0.455 e. The molecule has 0 saturated carbocycles. The molecule has 4 heteroatoms. The molecule has 0 aliphatic carbocycles. The molecular formula is C17H16O3S. The van der Waals surface area contributed by atoms with E-state index in [1.807, 2.05) is 13.8 Å². The first-order valence-electron chi connectivity index (χ1n) is 6.51. The second kappa shape index (κ2) is 5.74. The normalized spacial score (nSPS) is 11.2. The Morgan fingerprint density at radius 2 is 2.10 bits per heavy atom. The number of Topliss-reactive ketones (excluding diaryl/α,β-unsaturated/α-hetero) is 1. The number of hydrogen-bond acceptors (Lipinski definition) is 4. The van der Waals surface area contributed by atoms with Crippen LogP contribution in [-0.4, -0.2) is 5.78 Å². The molecule has 3 nitrogen and oxygen atoms in total. The van der Waals surface area contributed by atoms with Gasteiger partial charge in [-0.15, -0.1) is 12.6 Å². The fourth-order valence-electron chi connectivity index (χ4n) is 2.29. The Morgan fingerprint density at radius 1 is 1.43 bits per heavy atom. The SMILES string of the molecule is C=Cc1oc2c(C(C)=O)c(S)c(C)cc2c(=O)c1/C=C/C. The highest BCUT2D eigenvalue weighted by molar-refractivity contribution is 7.80. The fourth-order valence-corrected chi connectivity index (χ4v) is 2.61. The smallest absolute Gasteiger partial charge is 0.200 e. The van der Waals surface area contributed by atoms with Gasteiger partial charge in [-0.3, -0.25) is 9.59 Å². The zero-order valence-corrected chi connectivity index (χ0v) is 13.1. The third-order valence-corrected chi connectivity index (χ3v) is 3.86. The third kappa shape index (κ3) is 2.47. The average Bonchev–Trinajstić information content (AvgIpc) is 2.43. The molecule has 0 saturated heterocycles. The summed E-state index contributed by atoms with van der Waals surface area (Å²) in [5, 5.41) is 0.384. The van der Waals surface area contributed by atoms with Crippen LogP contribution in [0.15, 0.2) is 32.8 Å². The quantitative estimate of drug-likeness (QED) is 0.680. The van der Waals surface area contributed by atoms with Gasteiger partial charge in [0.25, 0.3) is 0 Å². The second-order valence-corrected chi connectivity index (χ2v) is 5.21. The van der Waals surface area contributed by atoms with Gasteiger partial charge in [-0.1, -0.05) is 18.7 Å². The van der Waals surface area contributed by atoms with Crippen molar-refractivity contribution in [1.29, 1.82) is 0 Å². The number of hydrogen-bond donors (Lipinski definition) is 1. The highest BCUT2D eigenvalue weighted by Crippen LogP contribution is 2.29. The first-order chi connectivity index (χ1) is 9.92. The van der Waals surface area contributed by atoms with Crippen LogP contribution in [0.1, 0.15) is 41.1 Å². The van der Waals surface area contributed by atoms with Gasteiger partial charge in [0.1, 0.15) is 5.76 Å². The number of allylic oxidation sites excluding steroid dienone is 1. The van der Waals surface area contributed by atoms with Gasteiger partial charge in [0, 0.05) is 4.90 Å². The Labute approximate surface area is 128 Å². The van der Waals surface area contributed by atoms with E-state index in [4.69, 9.17) is 4.42 Å². The minimum absolute atomic E-state index is 0.178. The maximum absolute atomic E-state index is 12.6. The molecule has 0 N–H and O–H groups in total. The summed E-state index contributed by atoms with van der Waals surface area (Å²) in [6, 6.07) is 1.70. The first kappa shape index (κ1) is 15.3. The molecular weight excluding hydrogens is 284 g/mol. The monoisotopic (exact) mass is 300 g/mol. The topological polar surface area (TPSA) is 47.3 Å². The van der Waals surface area contributed by atoms with E-state index in [1.165, 1.54) is 13.0 Å². The third-order valence-electron chi connectivity index (χ3n) is 3.28.